The highest BCUT2D eigenvalue weighted by Crippen LogP contribution is 2.39. The van der Waals surface area contributed by atoms with E-state index in [-0.39, 0.29) is 9.76 Å². The summed E-state index contributed by atoms with van der Waals surface area (Å²) in [6.07, 6.45) is 0. The van der Waals surface area contributed by atoms with Crippen LogP contribution in [0.25, 0.3) is 0 Å². The summed E-state index contributed by atoms with van der Waals surface area (Å²) in [4.78, 5) is 0. The maximum absolute atomic E-state index is 5.38. The first kappa shape index (κ1) is 10.6. The van der Waals surface area contributed by atoms with E-state index >= 15 is 0 Å². The minimum atomic E-state index is -0.349. The Hall–Kier alpha value is 0.0969. The van der Waals surface area contributed by atoms with Gasteiger partial charge >= 0.3 is 0 Å². The minimum Gasteiger partial charge on any atom is -0.427 e. The average molecular weight is 216 g/mol. The maximum Gasteiger partial charge on any atom is 0.164 e. The maximum atomic E-state index is 5.38. The summed E-state index contributed by atoms with van der Waals surface area (Å²) < 4.78 is 16.0. The second-order valence-corrected chi connectivity index (χ2v) is 6.80. The summed E-state index contributed by atoms with van der Waals surface area (Å²) in [6.45, 7) is 6.19. The number of ether oxygens (including phenoxy) is 2. The van der Waals surface area contributed by atoms with Gasteiger partial charge in [0.15, 0.2) is 9.76 Å². The van der Waals surface area contributed by atoms with Gasteiger partial charge < -0.3 is 13.9 Å². The third-order valence-corrected chi connectivity index (χ3v) is 4.91. The summed E-state index contributed by atoms with van der Waals surface area (Å²) in [7, 11) is 1.49. The van der Waals surface area contributed by atoms with Gasteiger partial charge in [-0.05, 0) is 11.5 Å². The Morgan fingerprint density at radius 3 is 1.93 bits per heavy atom. The molecule has 2 aliphatic rings. The summed E-state index contributed by atoms with van der Waals surface area (Å²) in [5.74, 6) is 2.35. The van der Waals surface area contributed by atoms with Gasteiger partial charge in [-0.2, -0.15) is 0 Å². The number of hydrogen-bond acceptors (Lipinski definition) is 3. The van der Waals surface area contributed by atoms with Crippen molar-refractivity contribution in [1.29, 1.82) is 0 Å². The highest BCUT2D eigenvalue weighted by Gasteiger charge is 2.40. The van der Waals surface area contributed by atoms with Crippen molar-refractivity contribution in [3.8, 4) is 0 Å². The standard InChI is InChI=1S/C10H20O3Si/c1-7(14-11-2)10(8-3-12-4-8)9-5-13-6-9/h7-10H,3-6,14H2,1-2H3. The van der Waals surface area contributed by atoms with Gasteiger partial charge in [0, 0.05) is 18.9 Å². The molecule has 2 heterocycles. The van der Waals surface area contributed by atoms with Crippen LogP contribution in [0.1, 0.15) is 6.92 Å². The lowest BCUT2D eigenvalue weighted by atomic mass is 9.77. The van der Waals surface area contributed by atoms with Crippen molar-refractivity contribution < 1.29 is 13.9 Å². The van der Waals surface area contributed by atoms with Crippen LogP contribution in [-0.4, -0.2) is 43.3 Å². The molecule has 0 aromatic heterocycles. The zero-order chi connectivity index (χ0) is 9.97. The molecule has 0 radical (unpaired) electrons. The summed E-state index contributed by atoms with van der Waals surface area (Å²) in [6, 6.07) is 0. The second kappa shape index (κ2) is 4.75. The van der Waals surface area contributed by atoms with E-state index in [0.717, 1.165) is 49.7 Å². The van der Waals surface area contributed by atoms with Crippen LogP contribution in [0.2, 0.25) is 5.54 Å². The van der Waals surface area contributed by atoms with Gasteiger partial charge in [0.05, 0.1) is 26.4 Å². The van der Waals surface area contributed by atoms with Gasteiger partial charge in [0.25, 0.3) is 0 Å². The van der Waals surface area contributed by atoms with Crippen molar-refractivity contribution in [2.24, 2.45) is 17.8 Å². The van der Waals surface area contributed by atoms with Crippen LogP contribution in [0.3, 0.4) is 0 Å². The quantitative estimate of drug-likeness (QED) is 0.624. The first-order valence-corrected chi connectivity index (χ1v) is 6.86. The summed E-state index contributed by atoms with van der Waals surface area (Å²) >= 11 is 0. The molecule has 1 atom stereocenters. The van der Waals surface area contributed by atoms with Gasteiger partial charge in [0.1, 0.15) is 0 Å². The molecule has 0 saturated carbocycles. The number of rotatable bonds is 5. The molecule has 0 N–H and O–H groups in total. The molecule has 1 unspecified atom stereocenters. The largest absolute Gasteiger partial charge is 0.427 e. The highest BCUT2D eigenvalue weighted by molar-refractivity contribution is 6.29. The van der Waals surface area contributed by atoms with Crippen LogP contribution in [0.5, 0.6) is 0 Å². The fraction of sp³-hybridized carbons (Fsp3) is 1.00. The van der Waals surface area contributed by atoms with Gasteiger partial charge in [-0.3, -0.25) is 0 Å². The molecule has 2 aliphatic heterocycles. The lowest BCUT2D eigenvalue weighted by Crippen LogP contribution is -2.47. The molecule has 2 saturated heterocycles. The molecule has 82 valence electrons. The molecule has 0 aliphatic carbocycles. The lowest BCUT2D eigenvalue weighted by molar-refractivity contribution is -0.129. The highest BCUT2D eigenvalue weighted by atomic mass is 28.2. The third kappa shape index (κ3) is 2.03. The molecule has 0 amide bonds. The van der Waals surface area contributed by atoms with Gasteiger partial charge in [-0.15, -0.1) is 0 Å². The molecule has 0 aromatic carbocycles. The van der Waals surface area contributed by atoms with E-state index in [1.54, 1.807) is 0 Å². The normalized spacial score (nSPS) is 26.8. The first-order chi connectivity index (χ1) is 6.83. The Bertz CT molecular complexity index is 166. The van der Waals surface area contributed by atoms with Gasteiger partial charge in [-0.25, -0.2) is 0 Å². The smallest absolute Gasteiger partial charge is 0.164 e. The van der Waals surface area contributed by atoms with E-state index in [4.69, 9.17) is 13.9 Å². The molecular weight excluding hydrogens is 196 g/mol. The van der Waals surface area contributed by atoms with Crippen LogP contribution in [0.15, 0.2) is 0 Å². The molecule has 4 heteroatoms. The zero-order valence-corrected chi connectivity index (χ0v) is 10.5. The summed E-state index contributed by atoms with van der Waals surface area (Å²) in [5.41, 5.74) is 0.766. The van der Waals surface area contributed by atoms with Gasteiger partial charge in [-0.1, -0.05) is 6.92 Å². The second-order valence-electron chi connectivity index (χ2n) is 4.61. The molecule has 0 bridgehead atoms. The first-order valence-electron chi connectivity index (χ1n) is 5.47. The monoisotopic (exact) mass is 216 g/mol. The van der Waals surface area contributed by atoms with E-state index < -0.39 is 0 Å². The minimum absolute atomic E-state index is 0.349. The predicted molar refractivity (Wildman–Crippen MR) is 57.1 cm³/mol. The van der Waals surface area contributed by atoms with Crippen molar-refractivity contribution in [3.05, 3.63) is 0 Å². The molecule has 0 aromatic rings. The van der Waals surface area contributed by atoms with E-state index in [1.165, 1.54) is 0 Å². The van der Waals surface area contributed by atoms with Crippen LogP contribution < -0.4 is 0 Å². The van der Waals surface area contributed by atoms with E-state index in [1.807, 2.05) is 7.11 Å². The molecule has 14 heavy (non-hydrogen) atoms. The zero-order valence-electron chi connectivity index (χ0n) is 9.07. The van der Waals surface area contributed by atoms with Crippen LogP contribution >= 0.6 is 0 Å². The Morgan fingerprint density at radius 1 is 1.14 bits per heavy atom. The van der Waals surface area contributed by atoms with Crippen molar-refractivity contribution >= 4 is 9.76 Å². The fourth-order valence-electron chi connectivity index (χ4n) is 2.64. The molecule has 0 spiro atoms. The average Bonchev–Trinajstić information content (AvgIpc) is 1.97. The fourth-order valence-corrected chi connectivity index (χ4v) is 4.16. The molecule has 2 rings (SSSR count). The number of hydrogen-bond donors (Lipinski definition) is 0. The lowest BCUT2D eigenvalue weighted by Gasteiger charge is -2.44. The Labute approximate surface area is 88.1 Å². The SMILES string of the molecule is CO[SiH2]C(C)C(C1COC1)C1COC1. The molecule has 3 nitrogen and oxygen atoms in total. The van der Waals surface area contributed by atoms with Crippen molar-refractivity contribution in [3.63, 3.8) is 0 Å². The van der Waals surface area contributed by atoms with E-state index in [2.05, 4.69) is 6.92 Å². The van der Waals surface area contributed by atoms with Crippen molar-refractivity contribution in [2.45, 2.75) is 12.5 Å². The summed E-state index contributed by atoms with van der Waals surface area (Å²) in [5, 5.41) is 0. The van der Waals surface area contributed by atoms with Crippen LogP contribution in [0.4, 0.5) is 0 Å². The Morgan fingerprint density at radius 2 is 1.64 bits per heavy atom. The van der Waals surface area contributed by atoms with Crippen molar-refractivity contribution in [2.75, 3.05) is 33.5 Å². The van der Waals surface area contributed by atoms with E-state index in [0.29, 0.717) is 0 Å². The van der Waals surface area contributed by atoms with Gasteiger partial charge in [0.2, 0.25) is 0 Å². The van der Waals surface area contributed by atoms with E-state index in [9.17, 15) is 0 Å². The topological polar surface area (TPSA) is 27.7 Å². The molecule has 2 fully saturated rings. The molecular formula is C10H20O3Si. The van der Waals surface area contributed by atoms with Crippen LogP contribution in [-0.2, 0) is 13.9 Å². The van der Waals surface area contributed by atoms with Crippen LogP contribution in [0, 0.1) is 17.8 Å². The van der Waals surface area contributed by atoms with Crippen molar-refractivity contribution in [1.82, 2.24) is 0 Å². The Balaban J connectivity index is 1.89. The Kier molecular flexibility index (Phi) is 3.60. The predicted octanol–water partition coefficient (Wildman–Crippen LogP) is 0.434. The third-order valence-electron chi connectivity index (χ3n) is 3.50.